The van der Waals surface area contributed by atoms with Crippen molar-refractivity contribution in [3.05, 3.63) is 41.6 Å². The summed E-state index contributed by atoms with van der Waals surface area (Å²) >= 11 is 0. The first-order chi connectivity index (χ1) is 11.4. The molecular weight excluding hydrogens is 310 g/mol. The van der Waals surface area contributed by atoms with E-state index in [0.717, 1.165) is 0 Å². The summed E-state index contributed by atoms with van der Waals surface area (Å²) in [6, 6.07) is 8.83. The smallest absolute Gasteiger partial charge is 0.339 e. The number of rotatable bonds is 5. The largest absolute Gasteiger partial charge is 0.452 e. The average Bonchev–Trinajstić information content (AvgIpc) is 2.56. The molecule has 0 saturated carbocycles. The summed E-state index contributed by atoms with van der Waals surface area (Å²) in [5.74, 6) is -1.38. The topological polar surface area (TPSA) is 88.6 Å². The number of aryl methyl sites for hydroxylation is 1. The molecule has 0 aliphatic heterocycles. The van der Waals surface area contributed by atoms with Crippen molar-refractivity contribution in [1.29, 1.82) is 0 Å². The number of nitrogens with one attached hydrogen (secondary N) is 1. The van der Waals surface area contributed by atoms with Crippen molar-refractivity contribution in [1.82, 2.24) is 15.2 Å². The first-order valence-corrected chi connectivity index (χ1v) is 7.39. The van der Waals surface area contributed by atoms with Crippen LogP contribution in [0.3, 0.4) is 0 Å². The first-order valence-electron chi connectivity index (χ1n) is 7.39. The van der Waals surface area contributed by atoms with E-state index in [9.17, 15) is 14.4 Å². The van der Waals surface area contributed by atoms with Crippen molar-refractivity contribution in [2.45, 2.75) is 6.92 Å². The van der Waals surface area contributed by atoms with Crippen molar-refractivity contribution >= 4 is 28.7 Å². The molecule has 0 bridgehead atoms. The summed E-state index contributed by atoms with van der Waals surface area (Å²) in [5, 5.41) is 3.06. The summed E-state index contributed by atoms with van der Waals surface area (Å²) in [4.78, 5) is 41.0. The Morgan fingerprint density at radius 1 is 1.21 bits per heavy atom. The van der Waals surface area contributed by atoms with Crippen molar-refractivity contribution in [3.8, 4) is 0 Å². The molecule has 1 N–H and O–H groups in total. The molecule has 2 amide bonds. The van der Waals surface area contributed by atoms with Gasteiger partial charge in [0, 0.05) is 25.2 Å². The number of carbonyl (C=O) groups is 3. The standard InChI is InChI=1S/C17H19N3O4/c1-11-8-13(12-6-4-5-7-14(12)19-11)17(23)24-10-15(21)18-9-16(22)20(2)3/h4-8H,9-10H2,1-3H3,(H,18,21). The zero-order valence-corrected chi connectivity index (χ0v) is 13.8. The molecule has 2 aromatic rings. The van der Waals surface area contributed by atoms with E-state index in [1.807, 2.05) is 6.07 Å². The Morgan fingerprint density at radius 2 is 1.92 bits per heavy atom. The molecule has 0 radical (unpaired) electrons. The van der Waals surface area contributed by atoms with Gasteiger partial charge in [-0.1, -0.05) is 18.2 Å². The van der Waals surface area contributed by atoms with Gasteiger partial charge < -0.3 is 15.0 Å². The molecule has 1 heterocycles. The van der Waals surface area contributed by atoms with E-state index in [0.29, 0.717) is 22.2 Å². The molecule has 2 rings (SSSR count). The van der Waals surface area contributed by atoms with Gasteiger partial charge in [-0.05, 0) is 19.1 Å². The monoisotopic (exact) mass is 329 g/mol. The fraction of sp³-hybridized carbons (Fsp3) is 0.294. The summed E-state index contributed by atoms with van der Waals surface area (Å²) in [6.07, 6.45) is 0. The Hall–Kier alpha value is -2.96. The highest BCUT2D eigenvalue weighted by Gasteiger charge is 2.15. The normalized spacial score (nSPS) is 10.3. The van der Waals surface area contributed by atoms with Crippen LogP contribution < -0.4 is 5.32 Å². The number of hydrogen-bond donors (Lipinski definition) is 1. The van der Waals surface area contributed by atoms with Crippen LogP contribution in [0.4, 0.5) is 0 Å². The van der Waals surface area contributed by atoms with Gasteiger partial charge in [-0.2, -0.15) is 0 Å². The third-order valence-electron chi connectivity index (χ3n) is 3.33. The number of aromatic nitrogens is 1. The van der Waals surface area contributed by atoms with E-state index in [2.05, 4.69) is 10.3 Å². The van der Waals surface area contributed by atoms with E-state index >= 15 is 0 Å². The van der Waals surface area contributed by atoms with Crippen LogP contribution >= 0.6 is 0 Å². The van der Waals surface area contributed by atoms with Gasteiger partial charge in [0.25, 0.3) is 5.91 Å². The van der Waals surface area contributed by atoms with Crippen molar-refractivity contribution in [2.75, 3.05) is 27.2 Å². The Labute approximate surface area is 139 Å². The second kappa shape index (κ2) is 7.54. The quantitative estimate of drug-likeness (QED) is 0.824. The SMILES string of the molecule is Cc1cc(C(=O)OCC(=O)NCC(=O)N(C)C)c2ccccc2n1. The molecule has 0 fully saturated rings. The van der Waals surface area contributed by atoms with E-state index < -0.39 is 18.5 Å². The van der Waals surface area contributed by atoms with Crippen LogP contribution in [0.5, 0.6) is 0 Å². The number of esters is 1. The minimum absolute atomic E-state index is 0.138. The van der Waals surface area contributed by atoms with Gasteiger partial charge in [0.05, 0.1) is 17.6 Å². The van der Waals surface area contributed by atoms with Crippen LogP contribution in [0.15, 0.2) is 30.3 Å². The lowest BCUT2D eigenvalue weighted by atomic mass is 10.1. The number of hydrogen-bond acceptors (Lipinski definition) is 5. The molecule has 1 aromatic heterocycles. The van der Waals surface area contributed by atoms with Gasteiger partial charge in [0.2, 0.25) is 5.91 Å². The predicted octanol–water partition coefficient (Wildman–Crippen LogP) is 0.904. The number of fused-ring (bicyclic) bond motifs is 1. The zero-order valence-electron chi connectivity index (χ0n) is 13.8. The van der Waals surface area contributed by atoms with Gasteiger partial charge in [-0.15, -0.1) is 0 Å². The number of para-hydroxylation sites is 1. The Kier molecular flexibility index (Phi) is 5.47. The predicted molar refractivity (Wildman–Crippen MR) is 88.5 cm³/mol. The van der Waals surface area contributed by atoms with Crippen LogP contribution in [-0.4, -0.2) is 54.9 Å². The van der Waals surface area contributed by atoms with Crippen LogP contribution in [-0.2, 0) is 14.3 Å². The lowest BCUT2D eigenvalue weighted by Gasteiger charge is -2.11. The average molecular weight is 329 g/mol. The molecule has 0 saturated heterocycles. The van der Waals surface area contributed by atoms with Gasteiger partial charge in [-0.3, -0.25) is 14.6 Å². The molecule has 0 unspecified atom stereocenters. The van der Waals surface area contributed by atoms with Crippen molar-refractivity contribution in [2.24, 2.45) is 0 Å². The molecular formula is C17H19N3O4. The number of ether oxygens (including phenoxy) is 1. The molecule has 0 aliphatic carbocycles. The van der Waals surface area contributed by atoms with Crippen LogP contribution in [0.25, 0.3) is 10.9 Å². The molecule has 24 heavy (non-hydrogen) atoms. The molecule has 7 nitrogen and oxygen atoms in total. The first kappa shape index (κ1) is 17.4. The van der Waals surface area contributed by atoms with E-state index in [-0.39, 0.29) is 12.5 Å². The summed E-state index contributed by atoms with van der Waals surface area (Å²) < 4.78 is 5.04. The molecule has 7 heteroatoms. The lowest BCUT2D eigenvalue weighted by Crippen LogP contribution is -2.38. The molecule has 1 aromatic carbocycles. The van der Waals surface area contributed by atoms with Crippen molar-refractivity contribution < 1.29 is 19.1 Å². The highest BCUT2D eigenvalue weighted by Crippen LogP contribution is 2.18. The fourth-order valence-electron chi connectivity index (χ4n) is 2.07. The highest BCUT2D eigenvalue weighted by atomic mass is 16.5. The number of benzene rings is 1. The molecule has 0 spiro atoms. The maximum absolute atomic E-state index is 12.3. The Balaban J connectivity index is 2.01. The summed E-state index contributed by atoms with van der Waals surface area (Å²) in [7, 11) is 3.18. The number of carbonyl (C=O) groups excluding carboxylic acids is 3. The molecule has 0 atom stereocenters. The molecule has 0 aliphatic rings. The minimum Gasteiger partial charge on any atom is -0.452 e. The molecule has 126 valence electrons. The summed E-state index contributed by atoms with van der Waals surface area (Å²) in [6.45, 7) is 1.19. The number of amides is 2. The third-order valence-corrected chi connectivity index (χ3v) is 3.33. The van der Waals surface area contributed by atoms with Crippen LogP contribution in [0, 0.1) is 6.92 Å². The van der Waals surface area contributed by atoms with Gasteiger partial charge in [0.1, 0.15) is 0 Å². The van der Waals surface area contributed by atoms with E-state index in [4.69, 9.17) is 4.74 Å². The Bertz CT molecular complexity index is 786. The maximum atomic E-state index is 12.3. The zero-order chi connectivity index (χ0) is 17.7. The van der Waals surface area contributed by atoms with Gasteiger partial charge >= 0.3 is 5.97 Å². The van der Waals surface area contributed by atoms with Gasteiger partial charge in [0.15, 0.2) is 6.61 Å². The Morgan fingerprint density at radius 3 is 2.62 bits per heavy atom. The van der Waals surface area contributed by atoms with E-state index in [1.165, 1.54) is 4.90 Å². The number of nitrogens with zero attached hydrogens (tertiary/aromatic N) is 2. The second-order valence-corrected chi connectivity index (χ2v) is 5.47. The van der Waals surface area contributed by atoms with Crippen molar-refractivity contribution in [3.63, 3.8) is 0 Å². The maximum Gasteiger partial charge on any atom is 0.339 e. The van der Waals surface area contributed by atoms with Crippen LogP contribution in [0.1, 0.15) is 16.1 Å². The third kappa shape index (κ3) is 4.28. The van der Waals surface area contributed by atoms with E-state index in [1.54, 1.807) is 45.3 Å². The van der Waals surface area contributed by atoms with Crippen LogP contribution in [0.2, 0.25) is 0 Å². The summed E-state index contributed by atoms with van der Waals surface area (Å²) in [5.41, 5.74) is 1.72. The van der Waals surface area contributed by atoms with Gasteiger partial charge in [-0.25, -0.2) is 4.79 Å². The highest BCUT2D eigenvalue weighted by molar-refractivity contribution is 6.04. The fourth-order valence-corrected chi connectivity index (χ4v) is 2.07. The lowest BCUT2D eigenvalue weighted by molar-refractivity contribution is -0.131. The number of likely N-dealkylation sites (N-methyl/N-ethyl adjacent to an activating group) is 1. The second-order valence-electron chi connectivity index (χ2n) is 5.47. The number of pyridine rings is 1. The minimum atomic E-state index is -0.606.